The first kappa shape index (κ1) is 12.5. The predicted molar refractivity (Wildman–Crippen MR) is 62.2 cm³/mol. The van der Waals surface area contributed by atoms with Gasteiger partial charge in [0.15, 0.2) is 0 Å². The number of carbonyl (C=O) groups is 2. The van der Waals surface area contributed by atoms with Crippen LogP contribution in [0.4, 0.5) is 10.5 Å². The number of nitrogens with one attached hydrogen (secondary N) is 1. The molecule has 1 rings (SSSR count). The highest BCUT2D eigenvalue weighted by molar-refractivity contribution is 5.95. The zero-order chi connectivity index (χ0) is 12.8. The molecule has 6 nitrogen and oxygen atoms in total. The van der Waals surface area contributed by atoms with Crippen LogP contribution < -0.4 is 16.0 Å². The van der Waals surface area contributed by atoms with Gasteiger partial charge in [-0.05, 0) is 18.2 Å². The number of hydrogen-bond acceptors (Lipinski definition) is 4. The summed E-state index contributed by atoms with van der Waals surface area (Å²) in [6, 6.07) is 7.92. The molecule has 0 spiro atoms. The van der Waals surface area contributed by atoms with Crippen molar-refractivity contribution in [3.8, 4) is 6.07 Å². The minimum absolute atomic E-state index is 0.0160. The van der Waals surface area contributed by atoms with Crippen molar-refractivity contribution < 1.29 is 9.59 Å². The Morgan fingerprint density at radius 3 is 2.82 bits per heavy atom. The summed E-state index contributed by atoms with van der Waals surface area (Å²) in [5, 5.41) is 10.7. The van der Waals surface area contributed by atoms with E-state index in [-0.39, 0.29) is 6.54 Å². The summed E-state index contributed by atoms with van der Waals surface area (Å²) in [6.07, 6.45) is 0. The molecule has 1 aromatic rings. The average Bonchev–Trinajstić information content (AvgIpc) is 2.27. The lowest BCUT2D eigenvalue weighted by Crippen LogP contribution is -2.41. The van der Waals surface area contributed by atoms with E-state index >= 15 is 0 Å². The van der Waals surface area contributed by atoms with E-state index in [1.165, 1.54) is 0 Å². The molecule has 0 radical (unpaired) electrons. The predicted octanol–water partition coefficient (Wildman–Crippen LogP) is 0.189. The first-order valence-electron chi connectivity index (χ1n) is 4.83. The van der Waals surface area contributed by atoms with Crippen LogP contribution in [0.5, 0.6) is 0 Å². The van der Waals surface area contributed by atoms with Crippen LogP contribution in [0.1, 0.15) is 5.56 Å². The van der Waals surface area contributed by atoms with Crippen LogP contribution in [0.15, 0.2) is 24.3 Å². The number of carbonyl (C=O) groups excluding carboxylic acids is 2. The first-order chi connectivity index (χ1) is 8.02. The fourth-order valence-corrected chi connectivity index (χ4v) is 1.30. The summed E-state index contributed by atoms with van der Waals surface area (Å²) in [5.41, 5.74) is 6.04. The van der Waals surface area contributed by atoms with Gasteiger partial charge in [0.25, 0.3) is 0 Å². The molecule has 1 aromatic carbocycles. The van der Waals surface area contributed by atoms with Gasteiger partial charge in [-0.15, -0.1) is 0 Å². The Balaban J connectivity index is 2.69. The molecule has 17 heavy (non-hydrogen) atoms. The normalized spacial score (nSPS) is 9.18. The van der Waals surface area contributed by atoms with E-state index in [1.54, 1.807) is 36.2 Å². The van der Waals surface area contributed by atoms with Crippen LogP contribution in [0.2, 0.25) is 0 Å². The number of anilines is 1. The molecule has 0 aliphatic carbocycles. The number of imide groups is 1. The van der Waals surface area contributed by atoms with Crippen LogP contribution in [0, 0.1) is 11.3 Å². The van der Waals surface area contributed by atoms with Crippen molar-refractivity contribution in [2.24, 2.45) is 5.73 Å². The molecule has 0 atom stereocenters. The number of rotatable bonds is 3. The molecule has 6 heteroatoms. The molecule has 0 aromatic heterocycles. The van der Waals surface area contributed by atoms with Gasteiger partial charge < -0.3 is 10.6 Å². The molecule has 0 saturated carbocycles. The largest absolute Gasteiger partial charge is 0.365 e. The zero-order valence-electron chi connectivity index (χ0n) is 9.30. The van der Waals surface area contributed by atoms with Crippen LogP contribution in [0.25, 0.3) is 0 Å². The van der Waals surface area contributed by atoms with Crippen LogP contribution in [-0.4, -0.2) is 25.5 Å². The van der Waals surface area contributed by atoms with Gasteiger partial charge in [-0.25, -0.2) is 4.79 Å². The Hall–Kier alpha value is -2.55. The van der Waals surface area contributed by atoms with E-state index in [0.29, 0.717) is 11.3 Å². The lowest BCUT2D eigenvalue weighted by molar-refractivity contribution is -0.118. The summed E-state index contributed by atoms with van der Waals surface area (Å²) < 4.78 is 0. The second-order valence-corrected chi connectivity index (χ2v) is 3.43. The number of nitrogens with two attached hydrogens (primary N) is 1. The molecule has 3 N–H and O–H groups in total. The molecule has 0 unspecified atom stereocenters. The van der Waals surface area contributed by atoms with Crippen molar-refractivity contribution >= 4 is 17.6 Å². The number of primary amides is 1. The number of benzene rings is 1. The van der Waals surface area contributed by atoms with Crippen LogP contribution in [-0.2, 0) is 4.79 Å². The third-order valence-electron chi connectivity index (χ3n) is 2.06. The molecule has 0 saturated heterocycles. The topological polar surface area (TPSA) is 99.2 Å². The Morgan fingerprint density at radius 2 is 2.24 bits per heavy atom. The minimum atomic E-state index is -0.880. The fraction of sp³-hybridized carbons (Fsp3) is 0.182. The number of likely N-dealkylation sites (N-methyl/N-ethyl adjacent to an activating group) is 1. The molecule has 0 bridgehead atoms. The van der Waals surface area contributed by atoms with Crippen molar-refractivity contribution in [1.82, 2.24) is 5.32 Å². The first-order valence-corrected chi connectivity index (χ1v) is 4.83. The lowest BCUT2D eigenvalue weighted by Gasteiger charge is -2.18. The van der Waals surface area contributed by atoms with Gasteiger partial charge in [-0.1, -0.05) is 6.07 Å². The van der Waals surface area contributed by atoms with Gasteiger partial charge >= 0.3 is 6.03 Å². The van der Waals surface area contributed by atoms with E-state index in [1.807, 2.05) is 11.4 Å². The van der Waals surface area contributed by atoms with Gasteiger partial charge in [0.1, 0.15) is 0 Å². The van der Waals surface area contributed by atoms with Gasteiger partial charge in [-0.3, -0.25) is 10.1 Å². The summed E-state index contributed by atoms with van der Waals surface area (Å²) in [4.78, 5) is 23.3. The molecular weight excluding hydrogens is 220 g/mol. The maximum Gasteiger partial charge on any atom is 0.318 e. The summed E-state index contributed by atoms with van der Waals surface area (Å²) in [6.45, 7) is -0.0160. The van der Waals surface area contributed by atoms with E-state index in [4.69, 9.17) is 11.0 Å². The van der Waals surface area contributed by atoms with Crippen molar-refractivity contribution in [2.45, 2.75) is 0 Å². The molecule has 0 fully saturated rings. The molecule has 0 heterocycles. The van der Waals surface area contributed by atoms with E-state index < -0.39 is 11.9 Å². The molecule has 0 aliphatic rings. The number of nitrogens with zero attached hydrogens (tertiary/aromatic N) is 2. The maximum atomic E-state index is 11.3. The number of urea groups is 1. The van der Waals surface area contributed by atoms with Gasteiger partial charge in [0.2, 0.25) is 5.91 Å². The van der Waals surface area contributed by atoms with E-state index in [0.717, 1.165) is 0 Å². The number of hydrogen-bond donors (Lipinski definition) is 2. The third-order valence-corrected chi connectivity index (χ3v) is 2.06. The Bertz CT molecular complexity index is 479. The third kappa shape index (κ3) is 3.83. The van der Waals surface area contributed by atoms with Crippen LogP contribution >= 0.6 is 0 Å². The quantitative estimate of drug-likeness (QED) is 0.776. The highest BCUT2D eigenvalue weighted by Crippen LogP contribution is 2.13. The summed E-state index contributed by atoms with van der Waals surface area (Å²) in [5.74, 6) is -0.498. The Morgan fingerprint density at radius 1 is 1.53 bits per heavy atom. The molecular formula is C11H12N4O2. The smallest absolute Gasteiger partial charge is 0.318 e. The SMILES string of the molecule is CN(CC(=O)NC(N)=O)c1cccc(C#N)c1. The summed E-state index contributed by atoms with van der Waals surface area (Å²) >= 11 is 0. The van der Waals surface area contributed by atoms with Crippen molar-refractivity contribution in [2.75, 3.05) is 18.5 Å². The molecule has 3 amide bonds. The highest BCUT2D eigenvalue weighted by Gasteiger charge is 2.09. The fourth-order valence-electron chi connectivity index (χ4n) is 1.30. The molecule has 0 aliphatic heterocycles. The summed E-state index contributed by atoms with van der Waals surface area (Å²) in [7, 11) is 1.68. The van der Waals surface area contributed by atoms with E-state index in [9.17, 15) is 9.59 Å². The Labute approximate surface area is 98.6 Å². The second kappa shape index (κ2) is 5.51. The Kier molecular flexibility index (Phi) is 4.06. The zero-order valence-corrected chi connectivity index (χ0v) is 9.30. The number of amides is 3. The maximum absolute atomic E-state index is 11.3. The van der Waals surface area contributed by atoms with Gasteiger partial charge in [0, 0.05) is 12.7 Å². The molecule has 88 valence electrons. The van der Waals surface area contributed by atoms with E-state index in [2.05, 4.69) is 0 Å². The average molecular weight is 232 g/mol. The van der Waals surface area contributed by atoms with Crippen molar-refractivity contribution in [3.05, 3.63) is 29.8 Å². The second-order valence-electron chi connectivity index (χ2n) is 3.43. The minimum Gasteiger partial charge on any atom is -0.365 e. The highest BCUT2D eigenvalue weighted by atomic mass is 16.2. The van der Waals surface area contributed by atoms with Gasteiger partial charge in [0.05, 0.1) is 18.2 Å². The van der Waals surface area contributed by atoms with Crippen molar-refractivity contribution in [3.63, 3.8) is 0 Å². The standard InChI is InChI=1S/C11H12N4O2/c1-15(7-10(16)14-11(13)17)9-4-2-3-8(5-9)6-12/h2-5H,7H2,1H3,(H3,13,14,16,17). The monoisotopic (exact) mass is 232 g/mol. The van der Waals surface area contributed by atoms with Gasteiger partial charge in [-0.2, -0.15) is 5.26 Å². The van der Waals surface area contributed by atoms with Crippen molar-refractivity contribution in [1.29, 1.82) is 5.26 Å². The van der Waals surface area contributed by atoms with Crippen LogP contribution in [0.3, 0.4) is 0 Å². The lowest BCUT2D eigenvalue weighted by atomic mass is 10.2. The number of nitriles is 1.